The number of benzene rings is 1. The predicted molar refractivity (Wildman–Crippen MR) is 126 cm³/mol. The molecule has 31 heavy (non-hydrogen) atoms. The number of halogens is 2. The smallest absolute Gasteiger partial charge is 0.338 e. The van der Waals surface area contributed by atoms with Gasteiger partial charge in [0.2, 0.25) is 0 Å². The number of hydrogen-bond acceptors (Lipinski definition) is 9. The molecule has 1 saturated heterocycles. The van der Waals surface area contributed by atoms with E-state index in [0.29, 0.717) is 38.6 Å². The maximum absolute atomic E-state index is 13.1. The third kappa shape index (κ3) is 5.23. The fourth-order valence-corrected chi connectivity index (χ4v) is 5.48. The van der Waals surface area contributed by atoms with Gasteiger partial charge < -0.3 is 10.1 Å². The molecule has 4 rings (SSSR count). The van der Waals surface area contributed by atoms with Gasteiger partial charge >= 0.3 is 5.97 Å². The first-order chi connectivity index (χ1) is 15.1. The summed E-state index contributed by atoms with van der Waals surface area (Å²) in [5.74, 6) is 2.28. The lowest BCUT2D eigenvalue weighted by Crippen LogP contribution is -2.42. The molecule has 0 aliphatic carbocycles. The molecule has 2 aliphatic heterocycles. The monoisotopic (exact) mass is 497 g/mol. The molecule has 2 aromatic rings. The Morgan fingerprint density at radius 3 is 2.81 bits per heavy atom. The molecule has 1 N–H and O–H groups in total. The molecule has 11 heteroatoms. The Morgan fingerprint density at radius 2 is 2.13 bits per heavy atom. The number of esters is 1. The Morgan fingerprint density at radius 1 is 1.32 bits per heavy atom. The van der Waals surface area contributed by atoms with Crippen molar-refractivity contribution in [2.45, 2.75) is 13.0 Å². The third-order valence-corrected chi connectivity index (χ3v) is 7.13. The van der Waals surface area contributed by atoms with E-state index in [0.717, 1.165) is 30.3 Å². The first kappa shape index (κ1) is 22.5. The van der Waals surface area contributed by atoms with Crippen LogP contribution in [0.5, 0.6) is 0 Å². The van der Waals surface area contributed by atoms with E-state index in [2.05, 4.69) is 20.4 Å². The number of amidine groups is 1. The van der Waals surface area contributed by atoms with Crippen molar-refractivity contribution in [3.05, 3.63) is 55.6 Å². The van der Waals surface area contributed by atoms with Gasteiger partial charge in [-0.05, 0) is 19.1 Å². The molecule has 0 amide bonds. The summed E-state index contributed by atoms with van der Waals surface area (Å²) in [5, 5.41) is 13.0. The minimum absolute atomic E-state index is 0.268. The van der Waals surface area contributed by atoms with Crippen LogP contribution in [0.4, 0.5) is 0 Å². The van der Waals surface area contributed by atoms with Crippen LogP contribution in [0.1, 0.15) is 23.5 Å². The van der Waals surface area contributed by atoms with Crippen molar-refractivity contribution >= 4 is 58.1 Å². The summed E-state index contributed by atoms with van der Waals surface area (Å²) < 4.78 is 5.42. The Hall–Kier alpha value is -1.65. The molecule has 0 radical (unpaired) electrons. The lowest BCUT2D eigenvalue weighted by Gasteiger charge is -2.32. The molecule has 3 heterocycles. The second kappa shape index (κ2) is 10.3. The van der Waals surface area contributed by atoms with Gasteiger partial charge in [-0.1, -0.05) is 40.6 Å². The fourth-order valence-electron chi connectivity index (χ4n) is 3.49. The number of aromatic nitrogens is 2. The van der Waals surface area contributed by atoms with E-state index in [1.165, 1.54) is 11.3 Å². The molecule has 1 unspecified atom stereocenters. The lowest BCUT2D eigenvalue weighted by molar-refractivity contribution is -0.139. The van der Waals surface area contributed by atoms with Crippen molar-refractivity contribution in [3.8, 4) is 0 Å². The van der Waals surface area contributed by atoms with Crippen molar-refractivity contribution in [2.24, 2.45) is 4.99 Å². The van der Waals surface area contributed by atoms with Crippen molar-refractivity contribution < 1.29 is 9.53 Å². The van der Waals surface area contributed by atoms with E-state index in [4.69, 9.17) is 32.9 Å². The summed E-state index contributed by atoms with van der Waals surface area (Å²) in [6, 6.07) is 4.56. The van der Waals surface area contributed by atoms with Crippen molar-refractivity contribution in [1.82, 2.24) is 20.4 Å². The third-order valence-electron chi connectivity index (χ3n) is 4.93. The summed E-state index contributed by atoms with van der Waals surface area (Å²) in [4.78, 5) is 20.2. The van der Waals surface area contributed by atoms with E-state index < -0.39 is 12.0 Å². The normalized spacial score (nSPS) is 19.7. The number of rotatable bonds is 6. The standard InChI is InChI=1S/C20H21Cl2N5O2S2/c1-2-29-20(28)16-15(10-27-5-7-30-8-6-27)24-18(19-26-23-11-31-19)25-17(16)13-4-3-12(21)9-14(13)22/h3-4,9,11,17H,2,5-8,10H2,1H3,(H,24,25). The summed E-state index contributed by atoms with van der Waals surface area (Å²) in [7, 11) is 0. The Labute approximate surface area is 198 Å². The molecule has 1 aromatic carbocycles. The van der Waals surface area contributed by atoms with E-state index in [9.17, 15) is 4.79 Å². The predicted octanol–water partition coefficient (Wildman–Crippen LogP) is 3.80. The molecule has 1 fully saturated rings. The highest BCUT2D eigenvalue weighted by molar-refractivity contribution is 7.99. The average molecular weight is 498 g/mol. The number of ether oxygens (including phenoxy) is 1. The van der Waals surface area contributed by atoms with Crippen LogP contribution >= 0.6 is 46.3 Å². The zero-order valence-corrected chi connectivity index (χ0v) is 20.0. The molecule has 0 bridgehead atoms. The molecule has 0 saturated carbocycles. The van der Waals surface area contributed by atoms with E-state index in [-0.39, 0.29) is 6.61 Å². The summed E-state index contributed by atoms with van der Waals surface area (Å²) in [6.45, 7) is 4.53. The molecule has 164 valence electrons. The minimum Gasteiger partial charge on any atom is -0.463 e. The number of hydrogen-bond donors (Lipinski definition) is 1. The minimum atomic E-state index is -0.641. The van der Waals surface area contributed by atoms with Gasteiger partial charge in [0.05, 0.1) is 12.2 Å². The van der Waals surface area contributed by atoms with Gasteiger partial charge in [-0.25, -0.2) is 4.79 Å². The van der Waals surface area contributed by atoms with Gasteiger partial charge in [0.15, 0.2) is 10.8 Å². The zero-order chi connectivity index (χ0) is 21.8. The highest BCUT2D eigenvalue weighted by atomic mass is 35.5. The summed E-state index contributed by atoms with van der Waals surface area (Å²) in [6.07, 6.45) is 0. The van der Waals surface area contributed by atoms with E-state index in [1.807, 2.05) is 11.8 Å². The van der Waals surface area contributed by atoms with Gasteiger partial charge in [0.1, 0.15) is 11.6 Å². The van der Waals surface area contributed by atoms with Crippen LogP contribution in [0.3, 0.4) is 0 Å². The SMILES string of the molecule is CCOC(=O)C1=C(CN2CCSCC2)NC(c2nncs2)=NC1c1ccc(Cl)cc1Cl. The first-order valence-electron chi connectivity index (χ1n) is 9.83. The highest BCUT2D eigenvalue weighted by Crippen LogP contribution is 2.37. The summed E-state index contributed by atoms with van der Waals surface area (Å²) in [5.41, 5.74) is 3.54. The molecule has 0 spiro atoms. The average Bonchev–Trinajstić information content (AvgIpc) is 3.29. The van der Waals surface area contributed by atoms with Crippen LogP contribution in [0.25, 0.3) is 0 Å². The number of nitrogens with one attached hydrogen (secondary N) is 1. The van der Waals surface area contributed by atoms with E-state index >= 15 is 0 Å². The van der Waals surface area contributed by atoms with Crippen LogP contribution in [-0.2, 0) is 9.53 Å². The first-order valence-corrected chi connectivity index (χ1v) is 12.6. The molecule has 2 aliphatic rings. The highest BCUT2D eigenvalue weighted by Gasteiger charge is 2.34. The number of carbonyl (C=O) groups is 1. The van der Waals surface area contributed by atoms with Gasteiger partial charge in [-0.3, -0.25) is 9.89 Å². The molecule has 1 aromatic heterocycles. The van der Waals surface area contributed by atoms with Gasteiger partial charge in [0.25, 0.3) is 0 Å². The number of thioether (sulfide) groups is 1. The van der Waals surface area contributed by atoms with Gasteiger partial charge in [-0.2, -0.15) is 11.8 Å². The van der Waals surface area contributed by atoms with E-state index in [1.54, 1.807) is 30.6 Å². The number of aliphatic imine (C=N–C) groups is 1. The van der Waals surface area contributed by atoms with Crippen LogP contribution in [0.15, 0.2) is 40.0 Å². The number of carbonyl (C=O) groups excluding carboxylic acids is 1. The van der Waals surface area contributed by atoms with Crippen LogP contribution in [0.2, 0.25) is 10.0 Å². The number of nitrogens with zero attached hydrogens (tertiary/aromatic N) is 4. The molecular formula is C20H21Cl2N5O2S2. The Bertz CT molecular complexity index is 1010. The fraction of sp³-hybridized carbons (Fsp3) is 0.400. The largest absolute Gasteiger partial charge is 0.463 e. The van der Waals surface area contributed by atoms with Gasteiger partial charge in [0, 0.05) is 52.4 Å². The molecular weight excluding hydrogens is 477 g/mol. The van der Waals surface area contributed by atoms with Crippen LogP contribution in [0, 0.1) is 0 Å². The Kier molecular flexibility index (Phi) is 7.50. The van der Waals surface area contributed by atoms with Crippen molar-refractivity contribution in [1.29, 1.82) is 0 Å². The summed E-state index contributed by atoms with van der Waals surface area (Å²) >= 11 is 16.0. The van der Waals surface area contributed by atoms with Crippen LogP contribution in [-0.4, -0.2) is 64.6 Å². The van der Waals surface area contributed by atoms with Gasteiger partial charge in [-0.15, -0.1) is 10.2 Å². The lowest BCUT2D eigenvalue weighted by atomic mass is 9.95. The zero-order valence-electron chi connectivity index (χ0n) is 16.8. The second-order valence-corrected chi connectivity index (χ2v) is 9.82. The maximum Gasteiger partial charge on any atom is 0.338 e. The van der Waals surface area contributed by atoms with Crippen molar-refractivity contribution in [3.63, 3.8) is 0 Å². The molecule has 1 atom stereocenters. The van der Waals surface area contributed by atoms with Crippen molar-refractivity contribution in [2.75, 3.05) is 37.7 Å². The quantitative estimate of drug-likeness (QED) is 0.607. The maximum atomic E-state index is 13.1. The topological polar surface area (TPSA) is 79.7 Å². The van der Waals surface area contributed by atoms with Crippen LogP contribution < -0.4 is 5.32 Å². The molecule has 7 nitrogen and oxygen atoms in total. The Balaban J connectivity index is 1.81. The second-order valence-electron chi connectivity index (χ2n) is 6.92.